The quantitative estimate of drug-likeness (QED) is 0.378. The zero-order chi connectivity index (χ0) is 12.8. The molecule has 1 saturated heterocycles. The van der Waals surface area contributed by atoms with Gasteiger partial charge in [0.2, 0.25) is 0 Å². The molecule has 5 nitrogen and oxygen atoms in total. The van der Waals surface area contributed by atoms with Crippen molar-refractivity contribution in [2.75, 3.05) is 6.61 Å². The zero-order valence-electron chi connectivity index (χ0n) is 9.37. The van der Waals surface area contributed by atoms with Gasteiger partial charge < -0.3 is 19.7 Å². The number of allylic oxidation sites excluding steroid dienone is 1. The predicted octanol–water partition coefficient (Wildman–Crippen LogP) is -0.691. The van der Waals surface area contributed by atoms with E-state index in [1.807, 2.05) is 0 Å². The van der Waals surface area contributed by atoms with Gasteiger partial charge in [0.25, 0.3) is 0 Å². The van der Waals surface area contributed by atoms with Crippen LogP contribution in [0.4, 0.5) is 0 Å². The summed E-state index contributed by atoms with van der Waals surface area (Å²) in [6, 6.07) is 0. The van der Waals surface area contributed by atoms with E-state index in [1.165, 1.54) is 6.08 Å². The third kappa shape index (κ3) is 3.86. The number of aliphatic hydroxyl groups is 2. The first-order chi connectivity index (χ1) is 8.06. The molecule has 4 atom stereocenters. The summed E-state index contributed by atoms with van der Waals surface area (Å²) in [5, 5.41) is 18.7. The number of hydrogen-bond donors (Lipinski definition) is 2. The minimum atomic E-state index is -1.15. The van der Waals surface area contributed by atoms with Crippen molar-refractivity contribution >= 4 is 5.97 Å². The first kappa shape index (κ1) is 13.7. The van der Waals surface area contributed by atoms with Crippen LogP contribution < -0.4 is 0 Å². The van der Waals surface area contributed by atoms with Crippen molar-refractivity contribution in [2.45, 2.75) is 31.3 Å². The SMILES string of the molecule is [CH][C@@H]1O[C@H](C#C/C=C\C(=O)OCC)[C@H](O)C1O. The Bertz CT molecular complexity index is 352. The molecule has 0 saturated carbocycles. The molecule has 1 fully saturated rings. The third-order valence-electron chi connectivity index (χ3n) is 2.12. The summed E-state index contributed by atoms with van der Waals surface area (Å²) in [7, 11) is 0. The van der Waals surface area contributed by atoms with Crippen molar-refractivity contribution in [2.24, 2.45) is 0 Å². The number of ether oxygens (including phenoxy) is 2. The fraction of sp³-hybridized carbons (Fsp3) is 0.500. The van der Waals surface area contributed by atoms with E-state index in [0.29, 0.717) is 6.61 Å². The lowest BCUT2D eigenvalue weighted by Crippen LogP contribution is -2.30. The van der Waals surface area contributed by atoms with Crippen LogP contribution >= 0.6 is 0 Å². The van der Waals surface area contributed by atoms with Gasteiger partial charge >= 0.3 is 5.97 Å². The summed E-state index contributed by atoms with van der Waals surface area (Å²) in [6.45, 7) is 7.35. The molecule has 0 aliphatic carbocycles. The molecule has 0 spiro atoms. The van der Waals surface area contributed by atoms with Gasteiger partial charge in [-0.3, -0.25) is 0 Å². The van der Waals surface area contributed by atoms with Crippen LogP contribution in [0.2, 0.25) is 0 Å². The Balaban J connectivity index is 2.48. The van der Waals surface area contributed by atoms with Gasteiger partial charge in [-0.2, -0.15) is 0 Å². The van der Waals surface area contributed by atoms with Crippen molar-refractivity contribution in [3.05, 3.63) is 19.1 Å². The Labute approximate surface area is 100 Å². The Morgan fingerprint density at radius 2 is 2.24 bits per heavy atom. The van der Waals surface area contributed by atoms with E-state index in [9.17, 15) is 15.0 Å². The average Bonchev–Trinajstić information content (AvgIpc) is 2.53. The van der Waals surface area contributed by atoms with Crippen LogP contribution in [-0.2, 0) is 14.3 Å². The smallest absolute Gasteiger partial charge is 0.331 e. The highest BCUT2D eigenvalue weighted by atomic mass is 16.5. The van der Waals surface area contributed by atoms with Gasteiger partial charge in [0.1, 0.15) is 18.3 Å². The lowest BCUT2D eigenvalue weighted by molar-refractivity contribution is -0.137. The van der Waals surface area contributed by atoms with Gasteiger partial charge in [-0.1, -0.05) is 11.8 Å². The molecule has 92 valence electrons. The van der Waals surface area contributed by atoms with E-state index in [1.54, 1.807) is 6.92 Å². The van der Waals surface area contributed by atoms with Crippen LogP contribution in [0.3, 0.4) is 0 Å². The van der Waals surface area contributed by atoms with Gasteiger partial charge in [-0.15, -0.1) is 0 Å². The second kappa shape index (κ2) is 6.40. The first-order valence-corrected chi connectivity index (χ1v) is 5.17. The van der Waals surface area contributed by atoms with Crippen LogP contribution in [0.5, 0.6) is 0 Å². The summed E-state index contributed by atoms with van der Waals surface area (Å²) in [5.41, 5.74) is 0. The van der Waals surface area contributed by atoms with Gasteiger partial charge in [0, 0.05) is 6.08 Å². The third-order valence-corrected chi connectivity index (χ3v) is 2.12. The maximum absolute atomic E-state index is 10.9. The van der Waals surface area contributed by atoms with E-state index >= 15 is 0 Å². The maximum Gasteiger partial charge on any atom is 0.331 e. The number of hydrogen-bond acceptors (Lipinski definition) is 5. The van der Waals surface area contributed by atoms with Gasteiger partial charge in [-0.05, 0) is 19.9 Å². The number of esters is 1. The number of rotatable bonds is 2. The van der Waals surface area contributed by atoms with Crippen molar-refractivity contribution in [1.82, 2.24) is 0 Å². The maximum atomic E-state index is 10.9. The van der Waals surface area contributed by atoms with E-state index < -0.39 is 30.4 Å². The molecular weight excluding hydrogens is 224 g/mol. The normalized spacial score (nSPS) is 32.2. The molecule has 0 aromatic rings. The minimum absolute atomic E-state index is 0.294. The molecule has 1 aliphatic rings. The molecule has 1 rings (SSSR count). The van der Waals surface area contributed by atoms with Crippen molar-refractivity contribution in [3.63, 3.8) is 0 Å². The number of aliphatic hydroxyl groups excluding tert-OH is 2. The lowest BCUT2D eigenvalue weighted by atomic mass is 10.1. The predicted molar refractivity (Wildman–Crippen MR) is 58.5 cm³/mol. The topological polar surface area (TPSA) is 76.0 Å². The van der Waals surface area contributed by atoms with Gasteiger partial charge in [0.05, 0.1) is 12.7 Å². The fourth-order valence-electron chi connectivity index (χ4n) is 1.25. The molecule has 5 heteroatoms. The fourth-order valence-corrected chi connectivity index (χ4v) is 1.25. The van der Waals surface area contributed by atoms with E-state index in [-0.39, 0.29) is 0 Å². The monoisotopic (exact) mass is 238 g/mol. The standard InChI is InChI=1S/C12H14O5/c1-3-16-10(13)7-5-4-6-9-12(15)11(14)8(2)17-9/h2,5,7-9,11-12,14-15H,3H2,1H3/b7-5-/t8-,9+,11?,12-/m0/s1. The highest BCUT2D eigenvalue weighted by Gasteiger charge is 2.39. The van der Waals surface area contributed by atoms with Crippen LogP contribution in [-0.4, -0.2) is 47.2 Å². The summed E-state index contributed by atoms with van der Waals surface area (Å²) >= 11 is 0. The molecule has 0 bridgehead atoms. The number of carbonyl (C=O) groups excluding carboxylic acids is 1. The van der Waals surface area contributed by atoms with Gasteiger partial charge in [-0.25, -0.2) is 4.79 Å². The first-order valence-electron chi connectivity index (χ1n) is 5.17. The van der Waals surface area contributed by atoms with E-state index in [2.05, 4.69) is 16.6 Å². The van der Waals surface area contributed by atoms with E-state index in [0.717, 1.165) is 6.08 Å². The number of carbonyl (C=O) groups is 1. The summed E-state index contributed by atoms with van der Waals surface area (Å²) in [5.74, 6) is 4.54. The molecule has 2 radical (unpaired) electrons. The largest absolute Gasteiger partial charge is 0.463 e. The lowest BCUT2D eigenvalue weighted by Gasteiger charge is -2.07. The molecule has 1 aliphatic heterocycles. The zero-order valence-corrected chi connectivity index (χ0v) is 9.37. The molecule has 0 aromatic carbocycles. The second-order valence-corrected chi connectivity index (χ2v) is 3.38. The molecule has 2 N–H and O–H groups in total. The molecule has 0 aromatic heterocycles. The Morgan fingerprint density at radius 3 is 2.76 bits per heavy atom. The highest BCUT2D eigenvalue weighted by molar-refractivity contribution is 5.82. The Hall–Kier alpha value is -1.35. The molecule has 1 unspecified atom stereocenters. The summed E-state index contributed by atoms with van der Waals surface area (Å²) < 4.78 is 9.63. The molecule has 0 amide bonds. The second-order valence-electron chi connectivity index (χ2n) is 3.38. The van der Waals surface area contributed by atoms with Crippen LogP contribution in [0.1, 0.15) is 6.92 Å². The van der Waals surface area contributed by atoms with Gasteiger partial charge in [0.15, 0.2) is 0 Å². The summed E-state index contributed by atoms with van der Waals surface area (Å²) in [4.78, 5) is 10.9. The average molecular weight is 238 g/mol. The molecular formula is C12H14O5. The van der Waals surface area contributed by atoms with Crippen LogP contribution in [0.25, 0.3) is 0 Å². The van der Waals surface area contributed by atoms with Crippen LogP contribution in [0.15, 0.2) is 12.2 Å². The minimum Gasteiger partial charge on any atom is -0.463 e. The van der Waals surface area contributed by atoms with Crippen molar-refractivity contribution < 1.29 is 24.5 Å². The molecule has 1 heterocycles. The van der Waals surface area contributed by atoms with Crippen molar-refractivity contribution in [3.8, 4) is 11.8 Å². The Kier molecular flexibility index (Phi) is 5.16. The molecule has 17 heavy (non-hydrogen) atoms. The highest BCUT2D eigenvalue weighted by Crippen LogP contribution is 2.19. The summed E-state index contributed by atoms with van der Waals surface area (Å²) in [6.07, 6.45) is -1.65. The Morgan fingerprint density at radius 1 is 1.53 bits per heavy atom. The van der Waals surface area contributed by atoms with Crippen molar-refractivity contribution in [1.29, 1.82) is 0 Å². The van der Waals surface area contributed by atoms with E-state index in [4.69, 9.17) is 11.7 Å². The van der Waals surface area contributed by atoms with Crippen LogP contribution in [0, 0.1) is 18.8 Å².